The van der Waals surface area contributed by atoms with Crippen LogP contribution in [0.3, 0.4) is 0 Å². The second-order valence-corrected chi connectivity index (χ2v) is 33.7. The summed E-state index contributed by atoms with van der Waals surface area (Å²) < 4.78 is 104. The Morgan fingerprint density at radius 1 is 0.545 bits per heavy atom. The Kier molecular flexibility index (Phi) is 45.6. The highest BCUT2D eigenvalue weighted by molar-refractivity contribution is 5.90. The number of benzene rings is 3. The van der Waals surface area contributed by atoms with E-state index in [4.69, 9.17) is 75.8 Å². The van der Waals surface area contributed by atoms with Crippen molar-refractivity contribution in [3.63, 3.8) is 0 Å². The van der Waals surface area contributed by atoms with Crippen molar-refractivity contribution in [3.8, 4) is 5.75 Å². The van der Waals surface area contributed by atoms with Crippen molar-refractivity contribution >= 4 is 53.7 Å². The summed E-state index contributed by atoms with van der Waals surface area (Å²) in [5, 5.41) is 3.17. The number of hydrogen-bond donors (Lipinski definition) is 1. The average molecular weight is 1700 g/mol. The third kappa shape index (κ3) is 34.1. The number of hydrogen-bond acceptors (Lipinski definition) is 25. The molecule has 121 heavy (non-hydrogen) atoms. The highest BCUT2D eigenvalue weighted by atomic mass is 16.8. The maximum Gasteiger partial charge on any atom is 0.366 e. The van der Waals surface area contributed by atoms with Crippen molar-refractivity contribution < 1.29 is 119 Å². The molecule has 4 fully saturated rings. The van der Waals surface area contributed by atoms with Crippen LogP contribution in [-0.4, -0.2) is 180 Å². The van der Waals surface area contributed by atoms with Gasteiger partial charge in [-0.1, -0.05) is 258 Å². The molecule has 0 spiro atoms. The van der Waals surface area contributed by atoms with Gasteiger partial charge in [0.05, 0.1) is 69.7 Å². The van der Waals surface area contributed by atoms with Gasteiger partial charge >= 0.3 is 47.8 Å². The van der Waals surface area contributed by atoms with Gasteiger partial charge in [-0.25, -0.2) is 14.4 Å². The molecule has 1 amide bonds. The van der Waals surface area contributed by atoms with Crippen LogP contribution in [0, 0.1) is 29.6 Å². The first kappa shape index (κ1) is 101. The van der Waals surface area contributed by atoms with Crippen LogP contribution in [0.15, 0.2) is 84.9 Å². The minimum atomic E-state index is -2.37. The zero-order chi connectivity index (χ0) is 87.5. The SMILES string of the molecule is CCCCCCCCCCCCCCCCCC(=O)N[C@H]1CO[C@@H]2OC(COC(=O)CCC(=O)O[C@H](CCCCCCCCCCCCCC)[C@H]1OC(C)=O)[C@@H](O[C@@H]1OC(COC(=O)c3ccccc3)[C@H](C)[C@H](O[C@]3(C(=O)OC)CC(C)[C@@H](C)[C@H]([C@H](C)[C@@H](COC(C)=O)OC(C)=O)O3)C1OC(=O)c1ccccc1)C(C)C2OCc1ccc(OC)cc1. The number of fused-ring (bicyclic) bond motifs is 2. The number of esters is 8. The number of unbranched alkanes of at least 4 members (excludes halogenated alkanes) is 25. The zero-order valence-electron chi connectivity index (χ0n) is 74.3. The summed E-state index contributed by atoms with van der Waals surface area (Å²) in [4.78, 5) is 126. The minimum absolute atomic E-state index is 0.0711. The molecule has 4 heterocycles. The van der Waals surface area contributed by atoms with Gasteiger partial charge in [0.25, 0.3) is 5.79 Å². The molecule has 0 aromatic heterocycles. The highest BCUT2D eigenvalue weighted by Gasteiger charge is 2.60. The third-order valence-corrected chi connectivity index (χ3v) is 24.0. The van der Waals surface area contributed by atoms with Crippen LogP contribution in [0.5, 0.6) is 5.75 Å². The van der Waals surface area contributed by atoms with E-state index in [0.29, 0.717) is 24.2 Å². The standard InChI is InChI=1S/C95H143NO25/c1-13-15-17-19-21-23-25-27-28-29-31-33-35-37-45-51-81(100)96-76-60-112-92-87(110-59-72-52-54-75(106-11)55-53-72)68(7)85(80(117-92)63-109-82(101)56-57-83(102)115-77(88(76)114-71(10)99)50-44-36-34-32-30-26-24-22-20-18-16-14-2)119-93-89(118-91(104)74-48-42-39-43-49-74)86(67(6)79(116-93)62-111-90(103)73-46-40-38-41-47-73)121-95(94(105)107-12)58-64(3)65(4)84(120-95)66(5)78(113-70(9)98)61-108-69(8)97/h38-43,46-49,52-55,64-68,76-80,84-89,92-93H,13-37,44-45,50-51,56-63H2,1-12H3,(H,96,100)/t64?,65-,66-,67+,68?,76+,77-,78-,79?,80?,84-,85+,86+,87?,88+,89?,92-,93+,95+/m1/s1. The number of ether oxygens (including phenoxy) is 16. The molecule has 2 bridgehead atoms. The fourth-order valence-corrected chi connectivity index (χ4v) is 16.7. The number of carbonyl (C=O) groups is 9. The van der Waals surface area contributed by atoms with E-state index in [0.717, 1.165) is 64.9 Å². The Hall–Kier alpha value is -7.59. The average Bonchev–Trinajstić information content (AvgIpc) is 0.751. The number of cyclic esters (lactones) is 2. The van der Waals surface area contributed by atoms with E-state index < -0.39 is 195 Å². The first-order valence-corrected chi connectivity index (χ1v) is 45.3. The maximum absolute atomic E-state index is 15.1. The fourth-order valence-electron chi connectivity index (χ4n) is 16.7. The predicted molar refractivity (Wildman–Crippen MR) is 452 cm³/mol. The lowest BCUT2D eigenvalue weighted by molar-refractivity contribution is -0.378. The van der Waals surface area contributed by atoms with Crippen LogP contribution in [0.4, 0.5) is 0 Å². The largest absolute Gasteiger partial charge is 0.497 e. The van der Waals surface area contributed by atoms with Gasteiger partial charge in [0.2, 0.25) is 5.91 Å². The Morgan fingerprint density at radius 2 is 1.10 bits per heavy atom. The van der Waals surface area contributed by atoms with Crippen LogP contribution >= 0.6 is 0 Å². The molecule has 678 valence electrons. The Labute approximate surface area is 718 Å². The van der Waals surface area contributed by atoms with Crippen LogP contribution in [0.25, 0.3) is 0 Å². The van der Waals surface area contributed by atoms with Crippen molar-refractivity contribution in [2.75, 3.05) is 40.6 Å². The summed E-state index contributed by atoms with van der Waals surface area (Å²) in [6, 6.07) is 22.4. The lowest BCUT2D eigenvalue weighted by Gasteiger charge is -2.52. The smallest absolute Gasteiger partial charge is 0.366 e. The van der Waals surface area contributed by atoms with Crippen LogP contribution in [0.1, 0.15) is 301 Å². The minimum Gasteiger partial charge on any atom is -0.497 e. The first-order valence-electron chi connectivity index (χ1n) is 45.3. The van der Waals surface area contributed by atoms with Crippen molar-refractivity contribution in [1.29, 1.82) is 0 Å². The van der Waals surface area contributed by atoms with Gasteiger partial charge in [-0.3, -0.25) is 28.8 Å². The molecule has 7 rings (SSSR count). The number of rotatable bonds is 50. The zero-order valence-corrected chi connectivity index (χ0v) is 74.3. The Balaban J connectivity index is 1.29. The lowest BCUT2D eigenvalue weighted by atomic mass is 9.76. The predicted octanol–water partition coefficient (Wildman–Crippen LogP) is 17.3. The Bertz CT molecular complexity index is 3530. The normalized spacial score (nSPS) is 26.4. The molecular weight excluding hydrogens is 1560 g/mol. The van der Waals surface area contributed by atoms with Gasteiger partial charge in [-0.05, 0) is 73.1 Å². The summed E-state index contributed by atoms with van der Waals surface area (Å²) in [7, 11) is 2.71. The quantitative estimate of drug-likeness (QED) is 0.0312. The molecule has 3 aromatic carbocycles. The van der Waals surface area contributed by atoms with E-state index in [9.17, 15) is 33.6 Å². The van der Waals surface area contributed by atoms with Gasteiger partial charge in [0, 0.05) is 51.4 Å². The van der Waals surface area contributed by atoms with Gasteiger partial charge in [0.1, 0.15) is 62.2 Å². The lowest BCUT2D eigenvalue weighted by Crippen LogP contribution is -2.66. The molecule has 0 radical (unpaired) electrons. The molecule has 6 unspecified atom stereocenters. The third-order valence-electron chi connectivity index (χ3n) is 24.0. The first-order chi connectivity index (χ1) is 58.4. The van der Waals surface area contributed by atoms with Gasteiger partial charge in [0.15, 0.2) is 24.8 Å². The van der Waals surface area contributed by atoms with Gasteiger partial charge in [-0.2, -0.15) is 0 Å². The molecule has 19 atom stereocenters. The molecular formula is C95H143NO25. The van der Waals surface area contributed by atoms with E-state index in [1.54, 1.807) is 88.5 Å². The molecule has 26 nitrogen and oxygen atoms in total. The fraction of sp³-hybridized carbons (Fsp3) is 0.716. The van der Waals surface area contributed by atoms with E-state index in [1.807, 2.05) is 26.0 Å². The molecule has 0 saturated carbocycles. The van der Waals surface area contributed by atoms with Gasteiger partial charge in [-0.15, -0.1) is 0 Å². The monoisotopic (exact) mass is 1700 g/mol. The van der Waals surface area contributed by atoms with Crippen molar-refractivity contribution in [3.05, 3.63) is 102 Å². The van der Waals surface area contributed by atoms with Crippen LogP contribution in [0.2, 0.25) is 0 Å². The summed E-state index contributed by atoms with van der Waals surface area (Å²) in [5.74, 6) is -11.9. The van der Waals surface area contributed by atoms with Gasteiger partial charge < -0.3 is 81.1 Å². The van der Waals surface area contributed by atoms with Crippen molar-refractivity contribution in [2.24, 2.45) is 29.6 Å². The second kappa shape index (κ2) is 54.9. The van der Waals surface area contributed by atoms with E-state index in [2.05, 4.69) is 19.2 Å². The van der Waals surface area contributed by atoms with Crippen LogP contribution in [-0.2, 0) is 111 Å². The highest BCUT2D eigenvalue weighted by Crippen LogP contribution is 2.47. The van der Waals surface area contributed by atoms with E-state index in [1.165, 1.54) is 136 Å². The van der Waals surface area contributed by atoms with E-state index >= 15 is 9.59 Å². The molecule has 4 saturated heterocycles. The van der Waals surface area contributed by atoms with Crippen molar-refractivity contribution in [2.45, 2.75) is 367 Å². The number of amides is 1. The number of nitrogens with one attached hydrogen (secondary N) is 1. The summed E-state index contributed by atoms with van der Waals surface area (Å²) in [6.45, 7) is 15.3. The number of methoxy groups -OCH3 is 2. The molecule has 26 heteroatoms. The van der Waals surface area contributed by atoms with E-state index in [-0.39, 0.29) is 49.5 Å². The summed E-state index contributed by atoms with van der Waals surface area (Å²) in [5.41, 5.74) is 1.00. The second-order valence-electron chi connectivity index (χ2n) is 33.7. The number of carbonyl (C=O) groups excluding carboxylic acids is 9. The molecule has 4 aliphatic rings. The van der Waals surface area contributed by atoms with Crippen LogP contribution < -0.4 is 10.1 Å². The molecule has 3 aromatic rings. The molecule has 4 aliphatic heterocycles. The van der Waals surface area contributed by atoms with Crippen molar-refractivity contribution in [1.82, 2.24) is 5.32 Å². The Morgan fingerprint density at radius 3 is 1.64 bits per heavy atom. The molecule has 1 N–H and O–H groups in total. The summed E-state index contributed by atoms with van der Waals surface area (Å²) >= 11 is 0. The topological polar surface area (TPSA) is 313 Å². The maximum atomic E-state index is 15.1. The summed E-state index contributed by atoms with van der Waals surface area (Å²) in [6.07, 6.45) is 13.3. The molecule has 0 aliphatic carbocycles.